The molecule has 1 aromatic carbocycles. The number of piperidine rings is 1. The molecule has 2 N–H and O–H groups in total. The highest BCUT2D eigenvalue weighted by Crippen LogP contribution is 2.22. The molecule has 4 nitrogen and oxygen atoms in total. The highest BCUT2D eigenvalue weighted by atomic mass is 19.3. The summed E-state index contributed by atoms with van der Waals surface area (Å²) in [5.74, 6) is 0.796. The molecule has 0 aliphatic carbocycles. The lowest BCUT2D eigenvalue weighted by Gasteiger charge is -2.32. The average molecular weight is 381 g/mol. The molecule has 1 aromatic rings. The van der Waals surface area contributed by atoms with E-state index >= 15 is 0 Å². The maximum Gasteiger partial charge on any atom is 0.251 e. The van der Waals surface area contributed by atoms with Crippen molar-refractivity contribution < 1.29 is 8.78 Å². The summed E-state index contributed by atoms with van der Waals surface area (Å²) in [6.07, 6.45) is -0.535. The van der Waals surface area contributed by atoms with Gasteiger partial charge in [-0.15, -0.1) is 0 Å². The van der Waals surface area contributed by atoms with Crippen molar-refractivity contribution in [3.63, 3.8) is 0 Å². The Kier molecular flexibility index (Phi) is 8.02. The molecule has 6 heteroatoms. The van der Waals surface area contributed by atoms with Gasteiger partial charge in [-0.05, 0) is 36.3 Å². The topological polar surface area (TPSA) is 39.7 Å². The van der Waals surface area contributed by atoms with Crippen LogP contribution in [0.3, 0.4) is 0 Å². The van der Waals surface area contributed by atoms with Crippen molar-refractivity contribution in [3.05, 3.63) is 35.4 Å². The summed E-state index contributed by atoms with van der Waals surface area (Å²) in [6.45, 7) is 11.4. The molecule has 0 saturated carbocycles. The van der Waals surface area contributed by atoms with Gasteiger partial charge in [0.15, 0.2) is 5.96 Å². The Hall–Kier alpha value is -1.69. The molecule has 2 rings (SSSR count). The van der Waals surface area contributed by atoms with E-state index in [1.54, 1.807) is 0 Å². The van der Waals surface area contributed by atoms with Crippen LogP contribution >= 0.6 is 0 Å². The lowest BCUT2D eigenvalue weighted by Crippen LogP contribution is -2.49. The van der Waals surface area contributed by atoms with E-state index in [1.165, 1.54) is 11.1 Å². The first kappa shape index (κ1) is 21.6. The van der Waals surface area contributed by atoms with Gasteiger partial charge in [-0.3, -0.25) is 4.90 Å². The minimum Gasteiger partial charge on any atom is -0.357 e. The highest BCUT2D eigenvalue weighted by molar-refractivity contribution is 5.80. The molecule has 0 unspecified atom stereocenters. The molecule has 0 aromatic heterocycles. The molecule has 1 saturated heterocycles. The number of likely N-dealkylation sites (tertiary alicyclic amines) is 1. The van der Waals surface area contributed by atoms with Crippen LogP contribution in [0.4, 0.5) is 8.78 Å². The standard InChI is InChI=1S/C21H34F2N4/c1-5-24-20(26-18-10-12-27(13-11-18)15-19(22)23)25-14-16-6-8-17(9-7-16)21(2,3)4/h6-9,18-19H,5,10-15H2,1-4H3,(H2,24,25,26). The maximum atomic E-state index is 12.5. The molecule has 1 aliphatic heterocycles. The quantitative estimate of drug-likeness (QED) is 0.583. The molecular weight excluding hydrogens is 346 g/mol. The predicted molar refractivity (Wildman–Crippen MR) is 109 cm³/mol. The van der Waals surface area contributed by atoms with Crippen LogP contribution in [-0.4, -0.2) is 49.5 Å². The summed E-state index contributed by atoms with van der Waals surface area (Å²) in [5, 5.41) is 6.75. The fourth-order valence-corrected chi connectivity index (χ4v) is 3.25. The van der Waals surface area contributed by atoms with Gasteiger partial charge in [0.2, 0.25) is 0 Å². The SMILES string of the molecule is CCNC(=NCc1ccc(C(C)(C)C)cc1)NC1CCN(CC(F)F)CC1. The minimum absolute atomic E-state index is 0.120. The number of hydrogen-bond acceptors (Lipinski definition) is 2. The smallest absolute Gasteiger partial charge is 0.251 e. The molecule has 1 fully saturated rings. The number of nitrogens with one attached hydrogen (secondary N) is 2. The summed E-state index contributed by atoms with van der Waals surface area (Å²) in [7, 11) is 0. The minimum atomic E-state index is -2.25. The largest absolute Gasteiger partial charge is 0.357 e. The van der Waals surface area contributed by atoms with Crippen molar-refractivity contribution in [2.75, 3.05) is 26.2 Å². The van der Waals surface area contributed by atoms with Crippen LogP contribution in [0.5, 0.6) is 0 Å². The Labute approximate surface area is 162 Å². The second kappa shape index (κ2) is 10.0. The predicted octanol–water partition coefficient (Wildman–Crippen LogP) is 3.77. The van der Waals surface area contributed by atoms with Crippen molar-refractivity contribution in [2.24, 2.45) is 4.99 Å². The van der Waals surface area contributed by atoms with Gasteiger partial charge in [0, 0.05) is 25.7 Å². The Morgan fingerprint density at radius 2 is 1.81 bits per heavy atom. The van der Waals surface area contributed by atoms with Crippen LogP contribution < -0.4 is 10.6 Å². The Bertz CT molecular complexity index is 585. The van der Waals surface area contributed by atoms with Crippen LogP contribution in [-0.2, 0) is 12.0 Å². The number of rotatable bonds is 6. The van der Waals surface area contributed by atoms with Crippen molar-refractivity contribution in [3.8, 4) is 0 Å². The van der Waals surface area contributed by atoms with Crippen LogP contribution in [0.1, 0.15) is 51.7 Å². The van der Waals surface area contributed by atoms with Gasteiger partial charge in [0.25, 0.3) is 6.43 Å². The third-order valence-electron chi connectivity index (χ3n) is 4.91. The number of nitrogens with zero attached hydrogens (tertiary/aromatic N) is 2. The van der Waals surface area contributed by atoms with Crippen molar-refractivity contribution in [1.29, 1.82) is 0 Å². The van der Waals surface area contributed by atoms with Crippen molar-refractivity contribution in [2.45, 2.75) is 65.0 Å². The fourth-order valence-electron chi connectivity index (χ4n) is 3.25. The van der Waals surface area contributed by atoms with E-state index in [4.69, 9.17) is 4.99 Å². The van der Waals surface area contributed by atoms with E-state index in [-0.39, 0.29) is 18.0 Å². The number of benzene rings is 1. The Morgan fingerprint density at radius 3 is 2.33 bits per heavy atom. The van der Waals surface area contributed by atoms with E-state index in [0.717, 1.165) is 25.3 Å². The third kappa shape index (κ3) is 7.45. The summed E-state index contributed by atoms with van der Waals surface area (Å²) in [5.41, 5.74) is 2.64. The van der Waals surface area contributed by atoms with Crippen LogP contribution in [0.25, 0.3) is 0 Å². The van der Waals surface area contributed by atoms with Gasteiger partial charge in [-0.1, -0.05) is 45.0 Å². The molecule has 1 aliphatic rings. The Balaban J connectivity index is 1.89. The zero-order valence-electron chi connectivity index (χ0n) is 17.1. The molecule has 27 heavy (non-hydrogen) atoms. The van der Waals surface area contributed by atoms with E-state index in [0.29, 0.717) is 19.6 Å². The van der Waals surface area contributed by atoms with Crippen LogP contribution in [0.15, 0.2) is 29.3 Å². The molecule has 0 amide bonds. The highest BCUT2D eigenvalue weighted by Gasteiger charge is 2.22. The second-order valence-corrected chi connectivity index (χ2v) is 8.25. The molecule has 0 bridgehead atoms. The third-order valence-corrected chi connectivity index (χ3v) is 4.91. The second-order valence-electron chi connectivity index (χ2n) is 8.25. The van der Waals surface area contributed by atoms with Gasteiger partial charge < -0.3 is 10.6 Å². The lowest BCUT2D eigenvalue weighted by molar-refractivity contribution is 0.0744. The Morgan fingerprint density at radius 1 is 1.19 bits per heavy atom. The summed E-state index contributed by atoms with van der Waals surface area (Å²) in [6, 6.07) is 8.89. The molecule has 0 spiro atoms. The first-order valence-corrected chi connectivity index (χ1v) is 9.92. The number of guanidine groups is 1. The summed E-state index contributed by atoms with van der Waals surface area (Å²) in [4.78, 5) is 6.53. The first-order chi connectivity index (χ1) is 12.8. The van der Waals surface area contributed by atoms with E-state index in [9.17, 15) is 8.78 Å². The molecule has 152 valence electrons. The van der Waals surface area contributed by atoms with Crippen LogP contribution in [0.2, 0.25) is 0 Å². The van der Waals surface area contributed by atoms with Gasteiger partial charge in [-0.2, -0.15) is 0 Å². The zero-order valence-corrected chi connectivity index (χ0v) is 17.1. The molecule has 0 radical (unpaired) electrons. The molecule has 1 heterocycles. The monoisotopic (exact) mass is 380 g/mol. The fraction of sp³-hybridized carbons (Fsp3) is 0.667. The average Bonchev–Trinajstić information content (AvgIpc) is 2.61. The molecular formula is C21H34F2N4. The number of halogens is 2. The summed E-state index contributed by atoms with van der Waals surface area (Å²) < 4.78 is 25.0. The van der Waals surface area contributed by atoms with Gasteiger partial charge >= 0.3 is 0 Å². The lowest BCUT2D eigenvalue weighted by atomic mass is 9.87. The zero-order chi connectivity index (χ0) is 19.9. The van der Waals surface area contributed by atoms with Gasteiger partial charge in [0.1, 0.15) is 0 Å². The van der Waals surface area contributed by atoms with E-state index in [1.807, 2.05) is 11.8 Å². The normalized spacial score (nSPS) is 17.4. The molecule has 0 atom stereocenters. The summed E-state index contributed by atoms with van der Waals surface area (Å²) >= 11 is 0. The van der Waals surface area contributed by atoms with E-state index < -0.39 is 6.43 Å². The number of aliphatic imine (C=N–C) groups is 1. The van der Waals surface area contributed by atoms with Gasteiger partial charge in [-0.25, -0.2) is 13.8 Å². The van der Waals surface area contributed by atoms with Gasteiger partial charge in [0.05, 0.1) is 13.1 Å². The van der Waals surface area contributed by atoms with Crippen LogP contribution in [0, 0.1) is 0 Å². The van der Waals surface area contributed by atoms with E-state index in [2.05, 4.69) is 55.7 Å². The number of alkyl halides is 2. The van der Waals surface area contributed by atoms with Crippen molar-refractivity contribution >= 4 is 5.96 Å². The van der Waals surface area contributed by atoms with Crippen molar-refractivity contribution in [1.82, 2.24) is 15.5 Å². The number of hydrogen-bond donors (Lipinski definition) is 2. The maximum absolute atomic E-state index is 12.5. The first-order valence-electron chi connectivity index (χ1n) is 9.92.